The van der Waals surface area contributed by atoms with Crippen LogP contribution >= 0.6 is 0 Å². The molecule has 0 aromatic heterocycles. The van der Waals surface area contributed by atoms with Crippen LogP contribution in [0.1, 0.15) is 57.1 Å². The van der Waals surface area contributed by atoms with Crippen LogP contribution in [0.2, 0.25) is 0 Å². The van der Waals surface area contributed by atoms with E-state index >= 15 is 0 Å². The number of benzene rings is 4. The molecule has 4 aromatic rings. The predicted molar refractivity (Wildman–Crippen MR) is 151 cm³/mol. The summed E-state index contributed by atoms with van der Waals surface area (Å²) < 4.78 is 6.43. The second kappa shape index (κ2) is 10.3. The minimum Gasteiger partial charge on any atom is -0.486 e. The van der Waals surface area contributed by atoms with Gasteiger partial charge < -0.3 is 14.7 Å². The first-order chi connectivity index (χ1) is 17.8. The van der Waals surface area contributed by atoms with Crippen LogP contribution in [0.15, 0.2) is 91.0 Å². The molecular weight excluding hydrogens is 458 g/mol. The fourth-order valence-corrected chi connectivity index (χ4v) is 5.36. The number of aliphatic carboxylic acids is 1. The largest absolute Gasteiger partial charge is 0.486 e. The summed E-state index contributed by atoms with van der Waals surface area (Å²) in [5.41, 5.74) is 3.39. The summed E-state index contributed by atoms with van der Waals surface area (Å²) in [6.07, 6.45) is 3.25. The van der Waals surface area contributed by atoms with E-state index in [-0.39, 0.29) is 6.10 Å². The van der Waals surface area contributed by atoms with E-state index in [4.69, 9.17) is 4.74 Å². The van der Waals surface area contributed by atoms with Gasteiger partial charge in [-0.1, -0.05) is 73.7 Å². The fourth-order valence-electron chi connectivity index (χ4n) is 5.36. The van der Waals surface area contributed by atoms with E-state index in [0.717, 1.165) is 48.5 Å². The maximum absolute atomic E-state index is 11.7. The topological polar surface area (TPSA) is 49.8 Å². The van der Waals surface area contributed by atoms with Crippen LogP contribution in [0.5, 0.6) is 5.75 Å². The Balaban J connectivity index is 1.29. The number of carbonyl (C=O) groups is 1. The molecule has 37 heavy (non-hydrogen) atoms. The van der Waals surface area contributed by atoms with E-state index < -0.39 is 11.4 Å². The SMILES string of the molecule is C[C@@H](CCCC1CN(c2ccc(C(C)(C)C(=O)O)cc2)c2ccccc2O1)c1cccc2ccccc12. The highest BCUT2D eigenvalue weighted by Gasteiger charge is 2.30. The monoisotopic (exact) mass is 493 g/mol. The van der Waals surface area contributed by atoms with E-state index in [0.29, 0.717) is 5.92 Å². The molecule has 0 spiro atoms. The third kappa shape index (κ3) is 5.06. The van der Waals surface area contributed by atoms with Gasteiger partial charge in [-0.15, -0.1) is 0 Å². The number of fused-ring (bicyclic) bond motifs is 2. The third-order valence-corrected chi connectivity index (χ3v) is 7.79. The number of ether oxygens (including phenoxy) is 1. The van der Waals surface area contributed by atoms with Crippen molar-refractivity contribution in [3.8, 4) is 5.75 Å². The quantitative estimate of drug-likeness (QED) is 0.270. The molecule has 1 N–H and O–H groups in total. The van der Waals surface area contributed by atoms with Crippen molar-refractivity contribution in [2.45, 2.75) is 57.5 Å². The highest BCUT2D eigenvalue weighted by molar-refractivity contribution is 5.86. The van der Waals surface area contributed by atoms with E-state index in [1.54, 1.807) is 13.8 Å². The van der Waals surface area contributed by atoms with Gasteiger partial charge >= 0.3 is 5.97 Å². The van der Waals surface area contributed by atoms with Crippen molar-refractivity contribution in [2.24, 2.45) is 0 Å². The summed E-state index contributed by atoms with van der Waals surface area (Å²) in [6, 6.07) is 31.3. The van der Waals surface area contributed by atoms with Gasteiger partial charge in [0.15, 0.2) is 0 Å². The zero-order valence-corrected chi connectivity index (χ0v) is 21.9. The summed E-state index contributed by atoms with van der Waals surface area (Å²) in [5.74, 6) is 0.550. The van der Waals surface area contributed by atoms with E-state index in [9.17, 15) is 9.90 Å². The molecule has 5 rings (SSSR count). The smallest absolute Gasteiger partial charge is 0.313 e. The first-order valence-corrected chi connectivity index (χ1v) is 13.2. The Bertz CT molecular complexity index is 1390. The summed E-state index contributed by atoms with van der Waals surface area (Å²) in [7, 11) is 0. The Morgan fingerprint density at radius 3 is 2.46 bits per heavy atom. The summed E-state index contributed by atoms with van der Waals surface area (Å²) >= 11 is 0. The highest BCUT2D eigenvalue weighted by atomic mass is 16.5. The van der Waals surface area contributed by atoms with Gasteiger partial charge in [-0.05, 0) is 85.2 Å². The molecule has 190 valence electrons. The minimum atomic E-state index is -0.926. The van der Waals surface area contributed by atoms with Crippen LogP contribution in [0.4, 0.5) is 11.4 Å². The van der Waals surface area contributed by atoms with Gasteiger partial charge in [0.05, 0.1) is 17.6 Å². The highest BCUT2D eigenvalue weighted by Crippen LogP contribution is 2.40. The Kier molecular flexibility index (Phi) is 6.92. The molecule has 1 aliphatic heterocycles. The van der Waals surface area contributed by atoms with Crippen molar-refractivity contribution < 1.29 is 14.6 Å². The minimum absolute atomic E-state index is 0.0877. The van der Waals surface area contributed by atoms with Crippen molar-refractivity contribution in [2.75, 3.05) is 11.4 Å². The van der Waals surface area contributed by atoms with Crippen molar-refractivity contribution in [1.29, 1.82) is 0 Å². The molecule has 4 aromatic carbocycles. The van der Waals surface area contributed by atoms with Gasteiger partial charge in [-0.25, -0.2) is 0 Å². The lowest BCUT2D eigenvalue weighted by atomic mass is 9.85. The molecule has 4 heteroatoms. The fraction of sp³-hybridized carbons (Fsp3) is 0.303. The Morgan fingerprint density at radius 1 is 0.973 bits per heavy atom. The van der Waals surface area contributed by atoms with Crippen LogP contribution in [-0.4, -0.2) is 23.7 Å². The Morgan fingerprint density at radius 2 is 1.68 bits per heavy atom. The lowest BCUT2D eigenvalue weighted by molar-refractivity contribution is -0.142. The number of para-hydroxylation sites is 2. The average Bonchev–Trinajstić information content (AvgIpc) is 2.92. The van der Waals surface area contributed by atoms with E-state index in [1.165, 1.54) is 16.3 Å². The van der Waals surface area contributed by atoms with Gasteiger partial charge in [0.2, 0.25) is 0 Å². The van der Waals surface area contributed by atoms with Gasteiger partial charge in [0.1, 0.15) is 11.9 Å². The molecule has 1 aliphatic rings. The van der Waals surface area contributed by atoms with Gasteiger partial charge in [-0.2, -0.15) is 0 Å². The molecular formula is C33H35NO3. The average molecular weight is 494 g/mol. The normalized spacial score (nSPS) is 16.2. The molecule has 4 nitrogen and oxygen atoms in total. The second-order valence-electron chi connectivity index (χ2n) is 10.7. The van der Waals surface area contributed by atoms with Crippen LogP contribution in [0.25, 0.3) is 10.8 Å². The number of rotatable bonds is 8. The van der Waals surface area contributed by atoms with Crippen molar-refractivity contribution >= 4 is 28.1 Å². The van der Waals surface area contributed by atoms with E-state index in [2.05, 4.69) is 60.4 Å². The van der Waals surface area contributed by atoms with Crippen LogP contribution in [0, 0.1) is 0 Å². The molecule has 1 heterocycles. The van der Waals surface area contributed by atoms with Crippen LogP contribution < -0.4 is 9.64 Å². The molecule has 1 unspecified atom stereocenters. The summed E-state index contributed by atoms with van der Waals surface area (Å²) in [5, 5.41) is 12.2. The molecule has 0 saturated carbocycles. The number of carboxylic acids is 1. The van der Waals surface area contributed by atoms with E-state index in [1.807, 2.05) is 42.5 Å². The Labute approximate surface area is 219 Å². The molecule has 0 amide bonds. The number of nitrogens with zero attached hydrogens (tertiary/aromatic N) is 1. The first kappa shape index (κ1) is 24.9. The number of anilines is 2. The molecule has 2 atom stereocenters. The maximum atomic E-state index is 11.7. The first-order valence-electron chi connectivity index (χ1n) is 13.2. The molecule has 0 bridgehead atoms. The third-order valence-electron chi connectivity index (χ3n) is 7.79. The summed E-state index contributed by atoms with van der Waals surface area (Å²) in [6.45, 7) is 6.57. The van der Waals surface area contributed by atoms with Crippen LogP contribution in [-0.2, 0) is 10.2 Å². The molecule has 0 aliphatic carbocycles. The van der Waals surface area contributed by atoms with Gasteiger partial charge in [0, 0.05) is 5.69 Å². The zero-order valence-electron chi connectivity index (χ0n) is 21.9. The number of carboxylic acid groups (broad SMARTS) is 1. The Hall–Kier alpha value is -3.79. The maximum Gasteiger partial charge on any atom is 0.313 e. The predicted octanol–water partition coefficient (Wildman–Crippen LogP) is 8.08. The van der Waals surface area contributed by atoms with Crippen molar-refractivity contribution in [3.63, 3.8) is 0 Å². The number of hydrogen-bond acceptors (Lipinski definition) is 3. The van der Waals surface area contributed by atoms with Gasteiger partial charge in [0.25, 0.3) is 0 Å². The number of hydrogen-bond donors (Lipinski definition) is 1. The molecule has 0 radical (unpaired) electrons. The summed E-state index contributed by atoms with van der Waals surface area (Å²) in [4.78, 5) is 14.0. The van der Waals surface area contributed by atoms with Crippen molar-refractivity contribution in [1.82, 2.24) is 0 Å². The van der Waals surface area contributed by atoms with Crippen molar-refractivity contribution in [3.05, 3.63) is 102 Å². The zero-order chi connectivity index (χ0) is 26.0. The van der Waals surface area contributed by atoms with Crippen LogP contribution in [0.3, 0.4) is 0 Å². The molecule has 0 fully saturated rings. The standard InChI is InChI=1S/C33H35NO3/c1-23(28-15-9-12-24-11-4-5-14-29(24)28)10-8-13-27-22-34(30-16-6-7-17-31(30)37-27)26-20-18-25(19-21-26)33(2,3)32(35)36/h4-7,9,11-12,14-21,23,27H,8,10,13,22H2,1-3H3,(H,35,36)/t23-,27?/m0/s1. The van der Waals surface area contributed by atoms with Gasteiger partial charge in [-0.3, -0.25) is 4.79 Å². The lowest BCUT2D eigenvalue weighted by Gasteiger charge is -2.37. The molecule has 0 saturated heterocycles. The lowest BCUT2D eigenvalue weighted by Crippen LogP contribution is -2.37. The second-order valence-corrected chi connectivity index (χ2v) is 10.7.